The van der Waals surface area contributed by atoms with E-state index in [2.05, 4.69) is 22.9 Å². The highest BCUT2D eigenvalue weighted by molar-refractivity contribution is 7.89. The van der Waals surface area contributed by atoms with E-state index >= 15 is 0 Å². The summed E-state index contributed by atoms with van der Waals surface area (Å²) in [6, 6.07) is 15.0. The Morgan fingerprint density at radius 2 is 1.77 bits per heavy atom. The van der Waals surface area contributed by atoms with Gasteiger partial charge in [0.1, 0.15) is 0 Å². The molecule has 0 saturated carbocycles. The number of rotatable bonds is 6. The molecule has 2 aromatic rings. The van der Waals surface area contributed by atoms with Gasteiger partial charge < -0.3 is 0 Å². The van der Waals surface area contributed by atoms with E-state index in [0.29, 0.717) is 6.54 Å². The van der Waals surface area contributed by atoms with Gasteiger partial charge in [0.25, 0.3) is 5.69 Å². The van der Waals surface area contributed by atoms with Crippen molar-refractivity contribution in [1.29, 1.82) is 0 Å². The van der Waals surface area contributed by atoms with Gasteiger partial charge in [0, 0.05) is 18.7 Å². The molecule has 2 aromatic carbocycles. The first kappa shape index (κ1) is 18.3. The Morgan fingerprint density at radius 1 is 1.08 bits per heavy atom. The minimum Gasteiger partial charge on any atom is -0.258 e. The van der Waals surface area contributed by atoms with Gasteiger partial charge >= 0.3 is 0 Å². The SMILES string of the molecule is O=[N+]([O-])c1ccc(S(=O)(=O)NCC2C=C(c3ccccc3)CCC2)cc1. The van der Waals surface area contributed by atoms with Gasteiger partial charge in [-0.2, -0.15) is 0 Å². The predicted octanol–water partition coefficient (Wildman–Crippen LogP) is 3.76. The first-order valence-corrected chi connectivity index (χ1v) is 9.94. The maximum absolute atomic E-state index is 12.4. The summed E-state index contributed by atoms with van der Waals surface area (Å²) in [6.07, 6.45) is 5.09. The minimum absolute atomic E-state index is 0.0335. The number of allylic oxidation sites excluding steroid dienone is 1. The van der Waals surface area contributed by atoms with Gasteiger partial charge in [0.05, 0.1) is 9.82 Å². The third kappa shape index (κ3) is 4.36. The molecule has 0 radical (unpaired) electrons. The van der Waals surface area contributed by atoms with Crippen LogP contribution >= 0.6 is 0 Å². The zero-order valence-electron chi connectivity index (χ0n) is 14.2. The number of benzene rings is 2. The zero-order valence-corrected chi connectivity index (χ0v) is 15.0. The van der Waals surface area contributed by atoms with Crippen molar-refractivity contribution in [3.05, 3.63) is 76.4 Å². The van der Waals surface area contributed by atoms with E-state index in [9.17, 15) is 18.5 Å². The van der Waals surface area contributed by atoms with E-state index in [-0.39, 0.29) is 16.5 Å². The Morgan fingerprint density at radius 3 is 2.42 bits per heavy atom. The number of nitrogens with zero attached hydrogens (tertiary/aromatic N) is 1. The zero-order chi connectivity index (χ0) is 18.6. The van der Waals surface area contributed by atoms with Crippen molar-refractivity contribution in [2.24, 2.45) is 5.92 Å². The largest absolute Gasteiger partial charge is 0.269 e. The lowest BCUT2D eigenvalue weighted by Gasteiger charge is -2.21. The quantitative estimate of drug-likeness (QED) is 0.618. The number of sulfonamides is 1. The van der Waals surface area contributed by atoms with Crippen LogP contribution in [0.1, 0.15) is 24.8 Å². The number of nitro benzene ring substituents is 1. The summed E-state index contributed by atoms with van der Waals surface area (Å²) in [5, 5.41) is 10.7. The fraction of sp³-hybridized carbons (Fsp3) is 0.263. The Hall–Kier alpha value is -2.51. The highest BCUT2D eigenvalue weighted by Crippen LogP contribution is 2.29. The van der Waals surface area contributed by atoms with Crippen LogP contribution in [0.5, 0.6) is 0 Å². The van der Waals surface area contributed by atoms with E-state index in [0.717, 1.165) is 19.3 Å². The Bertz CT molecular complexity index is 906. The number of hydrogen-bond donors (Lipinski definition) is 1. The molecule has 0 saturated heterocycles. The molecule has 0 fully saturated rings. The molecule has 0 aromatic heterocycles. The van der Waals surface area contributed by atoms with Crippen LogP contribution in [-0.4, -0.2) is 19.9 Å². The molecule has 3 rings (SSSR count). The Balaban J connectivity index is 1.68. The van der Waals surface area contributed by atoms with Gasteiger partial charge in [-0.3, -0.25) is 10.1 Å². The minimum atomic E-state index is -3.69. The highest BCUT2D eigenvalue weighted by atomic mass is 32.2. The van der Waals surface area contributed by atoms with Gasteiger partial charge in [0.2, 0.25) is 10.0 Å². The molecule has 0 aliphatic heterocycles. The van der Waals surface area contributed by atoms with Crippen molar-refractivity contribution in [2.45, 2.75) is 24.2 Å². The van der Waals surface area contributed by atoms with Crippen LogP contribution < -0.4 is 4.72 Å². The second-order valence-corrected chi connectivity index (χ2v) is 8.08. The number of non-ortho nitro benzene ring substituents is 1. The van der Waals surface area contributed by atoms with Gasteiger partial charge in [-0.05, 0) is 48.4 Å². The van der Waals surface area contributed by atoms with Gasteiger partial charge in [-0.15, -0.1) is 0 Å². The smallest absolute Gasteiger partial charge is 0.258 e. The lowest BCUT2D eigenvalue weighted by atomic mass is 9.87. The molecule has 1 aliphatic carbocycles. The van der Waals surface area contributed by atoms with Gasteiger partial charge in [-0.1, -0.05) is 36.4 Å². The maximum Gasteiger partial charge on any atom is 0.269 e. The van der Waals surface area contributed by atoms with Crippen molar-refractivity contribution < 1.29 is 13.3 Å². The first-order chi connectivity index (χ1) is 12.5. The molecule has 1 N–H and O–H groups in total. The van der Waals surface area contributed by atoms with Crippen LogP contribution in [-0.2, 0) is 10.0 Å². The average molecular weight is 372 g/mol. The Kier molecular flexibility index (Phi) is 5.49. The van der Waals surface area contributed by atoms with E-state index in [1.165, 1.54) is 35.4 Å². The molecular formula is C19H20N2O4S. The first-order valence-electron chi connectivity index (χ1n) is 8.46. The van der Waals surface area contributed by atoms with E-state index in [1.807, 2.05) is 18.2 Å². The Labute approximate surface area is 152 Å². The molecule has 6 nitrogen and oxygen atoms in total. The van der Waals surface area contributed by atoms with Crippen molar-refractivity contribution in [1.82, 2.24) is 4.72 Å². The molecule has 1 aliphatic rings. The summed E-state index contributed by atoms with van der Waals surface area (Å²) in [7, 11) is -3.69. The van der Waals surface area contributed by atoms with Crippen molar-refractivity contribution >= 4 is 21.3 Å². The summed E-state index contributed by atoms with van der Waals surface area (Å²) in [5.41, 5.74) is 2.29. The standard InChI is InChI=1S/C19H20N2O4S/c22-21(23)18-9-11-19(12-10-18)26(24,25)20-14-15-5-4-8-17(13-15)16-6-2-1-3-7-16/h1-3,6-7,9-13,15,20H,4-5,8,14H2. The summed E-state index contributed by atoms with van der Waals surface area (Å²) in [5.74, 6) is 0.131. The molecule has 0 heterocycles. The monoisotopic (exact) mass is 372 g/mol. The van der Waals surface area contributed by atoms with Crippen LogP contribution in [0.2, 0.25) is 0 Å². The summed E-state index contributed by atoms with van der Waals surface area (Å²) in [4.78, 5) is 10.2. The topological polar surface area (TPSA) is 89.3 Å². The van der Waals surface area contributed by atoms with Crippen LogP contribution in [0.3, 0.4) is 0 Å². The van der Waals surface area contributed by atoms with Gasteiger partial charge in [-0.25, -0.2) is 13.1 Å². The van der Waals surface area contributed by atoms with Crippen LogP contribution in [0.25, 0.3) is 5.57 Å². The fourth-order valence-corrected chi connectivity index (χ4v) is 4.20. The average Bonchev–Trinajstić information content (AvgIpc) is 2.67. The normalized spacial score (nSPS) is 17.5. The second kappa shape index (κ2) is 7.80. The molecule has 1 unspecified atom stereocenters. The molecule has 0 bridgehead atoms. The van der Waals surface area contributed by atoms with E-state index in [1.54, 1.807) is 0 Å². The fourth-order valence-electron chi connectivity index (χ4n) is 3.11. The van der Waals surface area contributed by atoms with Crippen LogP contribution in [0.4, 0.5) is 5.69 Å². The highest BCUT2D eigenvalue weighted by Gasteiger charge is 2.20. The summed E-state index contributed by atoms with van der Waals surface area (Å²) in [6.45, 7) is 0.315. The summed E-state index contributed by atoms with van der Waals surface area (Å²) < 4.78 is 27.4. The molecule has 0 spiro atoms. The van der Waals surface area contributed by atoms with Crippen LogP contribution in [0, 0.1) is 16.0 Å². The molecule has 26 heavy (non-hydrogen) atoms. The van der Waals surface area contributed by atoms with Crippen molar-refractivity contribution in [3.8, 4) is 0 Å². The number of hydrogen-bond acceptors (Lipinski definition) is 4. The maximum atomic E-state index is 12.4. The van der Waals surface area contributed by atoms with Gasteiger partial charge in [0.15, 0.2) is 0 Å². The third-order valence-corrected chi connectivity index (χ3v) is 5.94. The van der Waals surface area contributed by atoms with Crippen LogP contribution in [0.15, 0.2) is 65.6 Å². The number of nitro groups is 1. The predicted molar refractivity (Wildman–Crippen MR) is 100 cm³/mol. The van der Waals surface area contributed by atoms with Crippen molar-refractivity contribution in [2.75, 3.05) is 6.54 Å². The van der Waals surface area contributed by atoms with Crippen molar-refractivity contribution in [3.63, 3.8) is 0 Å². The van der Waals surface area contributed by atoms with E-state index in [4.69, 9.17) is 0 Å². The summed E-state index contributed by atoms with van der Waals surface area (Å²) >= 11 is 0. The molecular weight excluding hydrogens is 352 g/mol. The van der Waals surface area contributed by atoms with E-state index < -0.39 is 14.9 Å². The molecule has 7 heteroatoms. The lowest BCUT2D eigenvalue weighted by molar-refractivity contribution is -0.384. The number of nitrogens with one attached hydrogen (secondary N) is 1. The molecule has 1 atom stereocenters. The molecule has 0 amide bonds. The molecule has 136 valence electrons. The second-order valence-electron chi connectivity index (χ2n) is 6.31. The lowest BCUT2D eigenvalue weighted by Crippen LogP contribution is -2.29. The third-order valence-electron chi connectivity index (χ3n) is 4.50.